The lowest BCUT2D eigenvalue weighted by atomic mass is 10.0. The number of aromatic nitrogens is 2. The van der Waals surface area contributed by atoms with Crippen molar-refractivity contribution in [3.63, 3.8) is 0 Å². The Balaban J connectivity index is 1.36. The van der Waals surface area contributed by atoms with Gasteiger partial charge in [-0.05, 0) is 25.3 Å². The molecule has 24 heavy (non-hydrogen) atoms. The number of hydrogen-bond donors (Lipinski definition) is 1. The first kappa shape index (κ1) is 15.5. The first-order chi connectivity index (χ1) is 11.9. The number of piperidine rings is 1. The summed E-state index contributed by atoms with van der Waals surface area (Å²) in [4.78, 5) is 11.7. The van der Waals surface area contributed by atoms with Gasteiger partial charge in [0, 0.05) is 43.5 Å². The number of benzene rings is 1. The molecular formula is C19H24N4O. The Labute approximate surface area is 143 Å². The zero-order valence-electron chi connectivity index (χ0n) is 13.9. The van der Waals surface area contributed by atoms with E-state index in [0.717, 1.165) is 56.4 Å². The van der Waals surface area contributed by atoms with Crippen LogP contribution in [0.3, 0.4) is 0 Å². The van der Waals surface area contributed by atoms with E-state index in [1.54, 1.807) is 0 Å². The number of nitrogens with one attached hydrogen (secondary N) is 1. The van der Waals surface area contributed by atoms with E-state index in [9.17, 15) is 0 Å². The van der Waals surface area contributed by atoms with Gasteiger partial charge in [0.1, 0.15) is 5.82 Å². The topological polar surface area (TPSA) is 50.3 Å². The van der Waals surface area contributed by atoms with Crippen molar-refractivity contribution in [2.24, 2.45) is 0 Å². The molecule has 0 amide bonds. The smallest absolute Gasteiger partial charge is 0.161 e. The van der Waals surface area contributed by atoms with Crippen molar-refractivity contribution in [1.82, 2.24) is 14.9 Å². The van der Waals surface area contributed by atoms with Crippen LogP contribution in [-0.2, 0) is 4.74 Å². The van der Waals surface area contributed by atoms with Crippen molar-refractivity contribution in [2.45, 2.75) is 31.3 Å². The van der Waals surface area contributed by atoms with Gasteiger partial charge in [-0.15, -0.1) is 0 Å². The summed E-state index contributed by atoms with van der Waals surface area (Å²) in [6.45, 7) is 4.11. The van der Waals surface area contributed by atoms with Crippen LogP contribution < -0.4 is 5.32 Å². The Morgan fingerprint density at radius 1 is 1.04 bits per heavy atom. The van der Waals surface area contributed by atoms with Gasteiger partial charge in [0.2, 0.25) is 0 Å². The first-order valence-electron chi connectivity index (χ1n) is 8.85. The highest BCUT2D eigenvalue weighted by atomic mass is 16.5. The molecule has 126 valence electrons. The second kappa shape index (κ2) is 7.28. The van der Waals surface area contributed by atoms with Gasteiger partial charge in [-0.25, -0.2) is 9.97 Å². The fraction of sp³-hybridized carbons (Fsp3) is 0.474. The SMILES string of the molecule is c1ccc(-c2nccc(NC3CCN([C@@H]4CCOC4)CC3)n2)cc1. The van der Waals surface area contributed by atoms with E-state index < -0.39 is 0 Å². The lowest BCUT2D eigenvalue weighted by Crippen LogP contribution is -2.44. The van der Waals surface area contributed by atoms with Crippen molar-refractivity contribution in [3.8, 4) is 11.4 Å². The molecule has 0 bridgehead atoms. The van der Waals surface area contributed by atoms with Crippen molar-refractivity contribution in [1.29, 1.82) is 0 Å². The largest absolute Gasteiger partial charge is 0.380 e. The lowest BCUT2D eigenvalue weighted by Gasteiger charge is -2.35. The Kier molecular flexibility index (Phi) is 4.71. The molecule has 1 atom stereocenters. The maximum absolute atomic E-state index is 5.51. The molecule has 1 aromatic heterocycles. The van der Waals surface area contributed by atoms with E-state index in [2.05, 4.69) is 20.2 Å². The van der Waals surface area contributed by atoms with Crippen LogP contribution in [0.2, 0.25) is 0 Å². The van der Waals surface area contributed by atoms with Crippen LogP contribution in [0.5, 0.6) is 0 Å². The predicted octanol–water partition coefficient (Wildman–Crippen LogP) is 2.81. The molecule has 2 aliphatic heterocycles. The molecular weight excluding hydrogens is 300 g/mol. The third-order valence-electron chi connectivity index (χ3n) is 4.99. The normalized spacial score (nSPS) is 22.6. The first-order valence-corrected chi connectivity index (χ1v) is 8.85. The highest BCUT2D eigenvalue weighted by Crippen LogP contribution is 2.21. The Hall–Kier alpha value is -1.98. The van der Waals surface area contributed by atoms with Gasteiger partial charge in [-0.2, -0.15) is 0 Å². The van der Waals surface area contributed by atoms with Crippen molar-refractivity contribution in [2.75, 3.05) is 31.6 Å². The van der Waals surface area contributed by atoms with E-state index in [1.165, 1.54) is 6.42 Å². The monoisotopic (exact) mass is 324 g/mol. The molecule has 5 nitrogen and oxygen atoms in total. The van der Waals surface area contributed by atoms with Crippen molar-refractivity contribution < 1.29 is 4.74 Å². The maximum Gasteiger partial charge on any atom is 0.161 e. The molecule has 0 unspecified atom stereocenters. The van der Waals surface area contributed by atoms with E-state index in [1.807, 2.05) is 42.6 Å². The summed E-state index contributed by atoms with van der Waals surface area (Å²) >= 11 is 0. The van der Waals surface area contributed by atoms with Gasteiger partial charge in [0.25, 0.3) is 0 Å². The fourth-order valence-corrected chi connectivity index (χ4v) is 3.59. The van der Waals surface area contributed by atoms with Crippen molar-refractivity contribution in [3.05, 3.63) is 42.6 Å². The summed E-state index contributed by atoms with van der Waals surface area (Å²) in [6.07, 6.45) is 5.33. The molecule has 2 aromatic rings. The Bertz CT molecular complexity index is 649. The highest BCUT2D eigenvalue weighted by Gasteiger charge is 2.27. The van der Waals surface area contributed by atoms with Crippen LogP contribution >= 0.6 is 0 Å². The van der Waals surface area contributed by atoms with Crippen LogP contribution in [0.15, 0.2) is 42.6 Å². The highest BCUT2D eigenvalue weighted by molar-refractivity contribution is 5.56. The molecule has 2 aliphatic rings. The van der Waals surface area contributed by atoms with Gasteiger partial charge >= 0.3 is 0 Å². The molecule has 2 fully saturated rings. The second-order valence-electron chi connectivity index (χ2n) is 6.60. The van der Waals surface area contributed by atoms with Gasteiger partial charge in [-0.3, -0.25) is 4.90 Å². The summed E-state index contributed by atoms with van der Waals surface area (Å²) in [5.41, 5.74) is 1.05. The third-order valence-corrected chi connectivity index (χ3v) is 4.99. The molecule has 1 aromatic carbocycles. The molecule has 0 aliphatic carbocycles. The average molecular weight is 324 g/mol. The third kappa shape index (κ3) is 3.57. The molecule has 3 heterocycles. The minimum atomic E-state index is 0.488. The van der Waals surface area contributed by atoms with Crippen LogP contribution in [0, 0.1) is 0 Å². The molecule has 2 saturated heterocycles. The summed E-state index contributed by atoms with van der Waals surface area (Å²) in [5.74, 6) is 1.70. The average Bonchev–Trinajstić information content (AvgIpc) is 3.18. The molecule has 4 rings (SSSR count). The lowest BCUT2D eigenvalue weighted by molar-refractivity contribution is 0.124. The zero-order valence-corrected chi connectivity index (χ0v) is 13.9. The summed E-state index contributed by atoms with van der Waals surface area (Å²) in [6, 6.07) is 13.2. The van der Waals surface area contributed by atoms with Gasteiger partial charge in [0.15, 0.2) is 5.82 Å². The molecule has 0 radical (unpaired) electrons. The Morgan fingerprint density at radius 3 is 2.62 bits per heavy atom. The fourth-order valence-electron chi connectivity index (χ4n) is 3.59. The minimum absolute atomic E-state index is 0.488. The van der Waals surface area contributed by atoms with Gasteiger partial charge in [-0.1, -0.05) is 30.3 Å². The summed E-state index contributed by atoms with van der Waals surface area (Å²) in [7, 11) is 0. The maximum atomic E-state index is 5.51. The zero-order chi connectivity index (χ0) is 16.2. The molecule has 5 heteroatoms. The van der Waals surface area contributed by atoms with Crippen LogP contribution in [0.25, 0.3) is 11.4 Å². The molecule has 0 spiro atoms. The number of rotatable bonds is 4. The van der Waals surface area contributed by atoms with Crippen molar-refractivity contribution >= 4 is 5.82 Å². The number of hydrogen-bond acceptors (Lipinski definition) is 5. The number of likely N-dealkylation sites (tertiary alicyclic amines) is 1. The predicted molar refractivity (Wildman–Crippen MR) is 94.9 cm³/mol. The summed E-state index contributed by atoms with van der Waals surface area (Å²) < 4.78 is 5.51. The van der Waals surface area contributed by atoms with Gasteiger partial charge < -0.3 is 10.1 Å². The van der Waals surface area contributed by atoms with Crippen LogP contribution in [0.4, 0.5) is 5.82 Å². The minimum Gasteiger partial charge on any atom is -0.380 e. The second-order valence-corrected chi connectivity index (χ2v) is 6.60. The van der Waals surface area contributed by atoms with Gasteiger partial charge in [0.05, 0.1) is 6.61 Å². The number of nitrogens with zero attached hydrogens (tertiary/aromatic N) is 3. The number of ether oxygens (including phenoxy) is 1. The summed E-state index contributed by atoms with van der Waals surface area (Å²) in [5, 5.41) is 3.59. The Morgan fingerprint density at radius 2 is 1.88 bits per heavy atom. The van der Waals surface area contributed by atoms with Crippen LogP contribution in [0.1, 0.15) is 19.3 Å². The molecule has 0 saturated carbocycles. The van der Waals surface area contributed by atoms with E-state index in [4.69, 9.17) is 4.74 Å². The quantitative estimate of drug-likeness (QED) is 0.937. The van der Waals surface area contributed by atoms with E-state index in [0.29, 0.717) is 12.1 Å². The standard InChI is InChI=1S/C19H24N4O/c1-2-4-15(5-3-1)19-20-10-6-18(22-19)21-16-7-11-23(12-8-16)17-9-13-24-14-17/h1-6,10,16-17H,7-9,11-14H2,(H,20,21,22)/t17-/m1/s1. The van der Waals surface area contributed by atoms with E-state index >= 15 is 0 Å². The number of anilines is 1. The van der Waals surface area contributed by atoms with E-state index in [-0.39, 0.29) is 0 Å². The van der Waals surface area contributed by atoms with Crippen LogP contribution in [-0.4, -0.2) is 53.3 Å². The molecule has 1 N–H and O–H groups in total.